The smallest absolute Gasteiger partial charge is 0.337 e. The minimum atomic E-state index is -0.436. The number of carbonyl (C=O) groups excluding carboxylic acids is 3. The molecule has 1 heterocycles. The van der Waals surface area contributed by atoms with Gasteiger partial charge in [-0.05, 0) is 48.4 Å². The highest BCUT2D eigenvalue weighted by Crippen LogP contribution is 2.33. The van der Waals surface area contributed by atoms with Crippen molar-refractivity contribution in [3.8, 4) is 0 Å². The summed E-state index contributed by atoms with van der Waals surface area (Å²) in [6.07, 6.45) is 0.113. The first-order chi connectivity index (χ1) is 15.5. The van der Waals surface area contributed by atoms with Crippen LogP contribution in [0.25, 0.3) is 0 Å². The van der Waals surface area contributed by atoms with E-state index in [2.05, 4.69) is 5.32 Å². The molecule has 0 radical (unpaired) electrons. The fraction of sp³-hybridized carbons (Fsp3) is 0.192. The molecule has 0 aromatic heterocycles. The van der Waals surface area contributed by atoms with Crippen LogP contribution in [0.2, 0.25) is 0 Å². The molecule has 0 saturated carbocycles. The zero-order valence-electron chi connectivity index (χ0n) is 18.0. The van der Waals surface area contributed by atoms with Gasteiger partial charge in [0.05, 0.1) is 25.1 Å². The van der Waals surface area contributed by atoms with Gasteiger partial charge in [-0.15, -0.1) is 0 Å². The van der Waals surface area contributed by atoms with Crippen LogP contribution in [0.15, 0.2) is 72.8 Å². The number of anilines is 1. The maximum absolute atomic E-state index is 13.1. The Labute approximate surface area is 186 Å². The van der Waals surface area contributed by atoms with E-state index in [1.54, 1.807) is 29.2 Å². The number of esters is 1. The fourth-order valence-electron chi connectivity index (χ4n) is 3.92. The number of hydrogen-bond donors (Lipinski definition) is 1. The Balaban J connectivity index is 1.54. The van der Waals surface area contributed by atoms with Crippen LogP contribution >= 0.6 is 0 Å². The summed E-state index contributed by atoms with van der Waals surface area (Å²) in [5, 5.41) is 2.87. The first-order valence-corrected chi connectivity index (χ1v) is 10.4. The molecule has 2 amide bonds. The first-order valence-electron chi connectivity index (χ1n) is 10.4. The maximum atomic E-state index is 13.1. The molecule has 0 fully saturated rings. The van der Waals surface area contributed by atoms with E-state index in [4.69, 9.17) is 4.74 Å². The summed E-state index contributed by atoms with van der Waals surface area (Å²) < 4.78 is 4.70. The highest BCUT2D eigenvalue weighted by molar-refractivity contribution is 5.99. The number of hydrogen-bond acceptors (Lipinski definition) is 4. The van der Waals surface area contributed by atoms with Crippen molar-refractivity contribution in [2.45, 2.75) is 25.9 Å². The SMILES string of the molecule is COC(=O)c1ccc(NC(=O)C[C@@H](c2ccc(C)cc2)N2Cc3ccccc3C2=O)cc1. The Morgan fingerprint density at radius 2 is 1.69 bits per heavy atom. The van der Waals surface area contributed by atoms with Gasteiger partial charge in [0, 0.05) is 17.8 Å². The summed E-state index contributed by atoms with van der Waals surface area (Å²) in [7, 11) is 1.32. The van der Waals surface area contributed by atoms with Gasteiger partial charge in [-0.3, -0.25) is 9.59 Å². The second-order valence-corrected chi connectivity index (χ2v) is 7.84. The number of ether oxygens (including phenoxy) is 1. The summed E-state index contributed by atoms with van der Waals surface area (Å²) in [5.41, 5.74) is 4.65. The third-order valence-corrected chi connectivity index (χ3v) is 5.66. The van der Waals surface area contributed by atoms with E-state index >= 15 is 0 Å². The molecule has 3 aromatic carbocycles. The summed E-state index contributed by atoms with van der Waals surface area (Å²) in [4.78, 5) is 39.4. The van der Waals surface area contributed by atoms with E-state index in [0.29, 0.717) is 23.4 Å². The Kier molecular flexibility index (Phi) is 6.03. The monoisotopic (exact) mass is 428 g/mol. The fourth-order valence-corrected chi connectivity index (χ4v) is 3.92. The Morgan fingerprint density at radius 1 is 1.00 bits per heavy atom. The molecular formula is C26H24N2O4. The van der Waals surface area contributed by atoms with Gasteiger partial charge in [-0.2, -0.15) is 0 Å². The average molecular weight is 428 g/mol. The van der Waals surface area contributed by atoms with Crippen LogP contribution in [-0.4, -0.2) is 29.8 Å². The molecular weight excluding hydrogens is 404 g/mol. The topological polar surface area (TPSA) is 75.7 Å². The van der Waals surface area contributed by atoms with E-state index < -0.39 is 12.0 Å². The largest absolute Gasteiger partial charge is 0.465 e. The van der Waals surface area contributed by atoms with Crippen molar-refractivity contribution in [1.82, 2.24) is 4.90 Å². The first kappa shape index (κ1) is 21.3. The summed E-state index contributed by atoms with van der Waals surface area (Å²) in [6, 6.07) is 21.6. The van der Waals surface area contributed by atoms with Crippen molar-refractivity contribution in [3.63, 3.8) is 0 Å². The standard InChI is InChI=1S/C26H24N2O4/c1-17-7-9-18(10-8-17)23(28-16-20-5-3-4-6-22(20)25(28)30)15-24(29)27-21-13-11-19(12-14-21)26(31)32-2/h3-14,23H,15-16H2,1-2H3,(H,27,29)/t23-/m0/s1. The molecule has 1 aliphatic rings. The maximum Gasteiger partial charge on any atom is 0.337 e. The predicted molar refractivity (Wildman–Crippen MR) is 121 cm³/mol. The molecule has 0 spiro atoms. The van der Waals surface area contributed by atoms with Crippen LogP contribution in [0, 0.1) is 6.92 Å². The normalized spacial score (nSPS) is 13.4. The molecule has 0 aliphatic carbocycles. The van der Waals surface area contributed by atoms with Gasteiger partial charge in [-0.1, -0.05) is 48.0 Å². The molecule has 162 valence electrons. The lowest BCUT2D eigenvalue weighted by Gasteiger charge is -2.28. The van der Waals surface area contributed by atoms with Crippen LogP contribution in [0.5, 0.6) is 0 Å². The summed E-state index contributed by atoms with van der Waals surface area (Å²) in [5.74, 6) is -0.721. The third-order valence-electron chi connectivity index (χ3n) is 5.66. The Bertz CT molecular complexity index is 1150. The number of carbonyl (C=O) groups is 3. The van der Waals surface area contributed by atoms with Crippen LogP contribution in [-0.2, 0) is 16.1 Å². The Morgan fingerprint density at radius 3 is 2.34 bits per heavy atom. The van der Waals surface area contributed by atoms with Crippen molar-refractivity contribution in [1.29, 1.82) is 0 Å². The van der Waals surface area contributed by atoms with Crippen LogP contribution < -0.4 is 5.32 Å². The third kappa shape index (κ3) is 4.39. The average Bonchev–Trinajstić information content (AvgIpc) is 3.14. The van der Waals surface area contributed by atoms with E-state index in [1.807, 2.05) is 55.5 Å². The van der Waals surface area contributed by atoms with Gasteiger partial charge in [0.1, 0.15) is 0 Å². The molecule has 0 bridgehead atoms. The van der Waals surface area contributed by atoms with Crippen LogP contribution in [0.1, 0.15) is 49.9 Å². The number of nitrogens with one attached hydrogen (secondary N) is 1. The van der Waals surface area contributed by atoms with Crippen LogP contribution in [0.4, 0.5) is 5.69 Å². The molecule has 32 heavy (non-hydrogen) atoms. The van der Waals surface area contributed by atoms with E-state index in [-0.39, 0.29) is 18.2 Å². The molecule has 3 aromatic rings. The van der Waals surface area contributed by atoms with Gasteiger partial charge in [-0.25, -0.2) is 4.79 Å². The second kappa shape index (κ2) is 9.06. The molecule has 1 N–H and O–H groups in total. The lowest BCUT2D eigenvalue weighted by atomic mass is 10.00. The Hall–Kier alpha value is -3.93. The number of benzene rings is 3. The van der Waals surface area contributed by atoms with Gasteiger partial charge in [0.2, 0.25) is 5.91 Å². The molecule has 1 atom stereocenters. The van der Waals surface area contributed by atoms with Crippen molar-refractivity contribution < 1.29 is 19.1 Å². The van der Waals surface area contributed by atoms with Crippen molar-refractivity contribution in [2.75, 3.05) is 12.4 Å². The highest BCUT2D eigenvalue weighted by Gasteiger charge is 2.34. The van der Waals surface area contributed by atoms with Gasteiger partial charge >= 0.3 is 5.97 Å². The zero-order valence-corrected chi connectivity index (χ0v) is 18.0. The van der Waals surface area contributed by atoms with Gasteiger partial charge in [0.15, 0.2) is 0 Å². The number of amides is 2. The lowest BCUT2D eigenvalue weighted by molar-refractivity contribution is -0.117. The van der Waals surface area contributed by atoms with E-state index in [1.165, 1.54) is 7.11 Å². The minimum Gasteiger partial charge on any atom is -0.465 e. The second-order valence-electron chi connectivity index (χ2n) is 7.84. The molecule has 0 unspecified atom stereocenters. The zero-order chi connectivity index (χ0) is 22.7. The van der Waals surface area contributed by atoms with Crippen molar-refractivity contribution in [3.05, 3.63) is 101 Å². The number of methoxy groups -OCH3 is 1. The van der Waals surface area contributed by atoms with Crippen molar-refractivity contribution in [2.24, 2.45) is 0 Å². The van der Waals surface area contributed by atoms with Gasteiger partial charge < -0.3 is 15.0 Å². The predicted octanol–water partition coefficient (Wildman–Crippen LogP) is 4.51. The molecule has 6 nitrogen and oxygen atoms in total. The number of rotatable bonds is 6. The lowest BCUT2D eigenvalue weighted by Crippen LogP contribution is -2.32. The van der Waals surface area contributed by atoms with E-state index in [0.717, 1.165) is 16.7 Å². The highest BCUT2D eigenvalue weighted by atomic mass is 16.5. The number of fused-ring (bicyclic) bond motifs is 1. The summed E-state index contributed by atoms with van der Waals surface area (Å²) in [6.45, 7) is 2.47. The van der Waals surface area contributed by atoms with Crippen LogP contribution in [0.3, 0.4) is 0 Å². The number of aryl methyl sites for hydroxylation is 1. The van der Waals surface area contributed by atoms with E-state index in [9.17, 15) is 14.4 Å². The summed E-state index contributed by atoms with van der Waals surface area (Å²) >= 11 is 0. The molecule has 0 saturated heterocycles. The molecule has 6 heteroatoms. The molecule has 1 aliphatic heterocycles. The molecule has 4 rings (SSSR count). The quantitative estimate of drug-likeness (QED) is 0.586. The van der Waals surface area contributed by atoms with Crippen molar-refractivity contribution >= 4 is 23.5 Å². The van der Waals surface area contributed by atoms with Gasteiger partial charge in [0.25, 0.3) is 5.91 Å². The minimum absolute atomic E-state index is 0.0681. The number of nitrogens with zero attached hydrogens (tertiary/aromatic N) is 1.